The van der Waals surface area contributed by atoms with Gasteiger partial charge in [-0.05, 0) is 18.6 Å². The van der Waals surface area contributed by atoms with Gasteiger partial charge in [-0.3, -0.25) is 4.79 Å². The molecule has 25 heavy (non-hydrogen) atoms. The molecule has 8 nitrogen and oxygen atoms in total. The molecule has 0 saturated carbocycles. The van der Waals surface area contributed by atoms with Gasteiger partial charge in [0.15, 0.2) is 11.5 Å². The summed E-state index contributed by atoms with van der Waals surface area (Å²) >= 11 is 0. The molecule has 3 aromatic heterocycles. The van der Waals surface area contributed by atoms with Gasteiger partial charge in [-0.2, -0.15) is 5.10 Å². The number of hydrogen-bond acceptors (Lipinski definition) is 6. The van der Waals surface area contributed by atoms with E-state index in [9.17, 15) is 4.79 Å². The molecule has 8 heteroatoms. The average molecular weight is 339 g/mol. The Labute approximate surface area is 143 Å². The van der Waals surface area contributed by atoms with Gasteiger partial charge in [0, 0.05) is 19.6 Å². The Hall–Kier alpha value is -2.74. The normalized spacial score (nSPS) is 20.2. The summed E-state index contributed by atoms with van der Waals surface area (Å²) in [7, 11) is 0. The molecule has 1 saturated heterocycles. The summed E-state index contributed by atoms with van der Waals surface area (Å²) in [4.78, 5) is 23.5. The van der Waals surface area contributed by atoms with Gasteiger partial charge in [0.25, 0.3) is 5.91 Å². The molecule has 1 amide bonds. The van der Waals surface area contributed by atoms with Crippen LogP contribution in [0.25, 0.3) is 5.65 Å². The fraction of sp³-hybridized carbons (Fsp3) is 0.412. The molecule has 0 spiro atoms. The molecule has 0 radical (unpaired) electrons. The first-order chi connectivity index (χ1) is 12.3. The minimum Gasteiger partial charge on any atom is -0.445 e. The number of carbonyl (C=O) groups is 1. The molecule has 5 heterocycles. The fourth-order valence-electron chi connectivity index (χ4n) is 3.47. The van der Waals surface area contributed by atoms with Crippen LogP contribution in [-0.4, -0.2) is 50.1 Å². The predicted molar refractivity (Wildman–Crippen MR) is 86.1 cm³/mol. The molecule has 0 aliphatic carbocycles. The highest BCUT2D eigenvalue weighted by Gasteiger charge is 2.30. The van der Waals surface area contributed by atoms with E-state index in [0.29, 0.717) is 37.5 Å². The largest absolute Gasteiger partial charge is 0.445 e. The summed E-state index contributed by atoms with van der Waals surface area (Å²) in [6, 6.07) is 5.41. The first-order valence-electron chi connectivity index (χ1n) is 8.44. The van der Waals surface area contributed by atoms with Gasteiger partial charge in [-0.15, -0.1) is 0 Å². The summed E-state index contributed by atoms with van der Waals surface area (Å²) in [5.74, 6) is 1.80. The van der Waals surface area contributed by atoms with E-state index in [-0.39, 0.29) is 11.8 Å². The molecule has 3 aromatic rings. The second kappa shape index (κ2) is 5.66. The van der Waals surface area contributed by atoms with Crippen molar-refractivity contribution in [1.29, 1.82) is 0 Å². The summed E-state index contributed by atoms with van der Waals surface area (Å²) in [6.07, 6.45) is 3.07. The zero-order chi connectivity index (χ0) is 16.8. The molecular formula is C17H17N5O3. The molecule has 5 rings (SSSR count). The number of hydrogen-bond donors (Lipinski definition) is 0. The molecule has 0 bridgehead atoms. The maximum Gasteiger partial charge on any atom is 0.272 e. The highest BCUT2D eigenvalue weighted by atomic mass is 16.5. The zero-order valence-electron chi connectivity index (χ0n) is 13.6. The van der Waals surface area contributed by atoms with Crippen molar-refractivity contribution in [3.05, 3.63) is 47.6 Å². The Morgan fingerprint density at radius 1 is 1.32 bits per heavy atom. The van der Waals surface area contributed by atoms with Crippen LogP contribution in [0.3, 0.4) is 0 Å². The average Bonchev–Trinajstić information content (AvgIpc) is 3.39. The van der Waals surface area contributed by atoms with Crippen LogP contribution < -0.4 is 0 Å². The molecule has 2 aliphatic rings. The highest BCUT2D eigenvalue weighted by Crippen LogP contribution is 2.29. The lowest BCUT2D eigenvalue weighted by Crippen LogP contribution is -2.36. The Kier molecular flexibility index (Phi) is 3.30. The fourth-order valence-corrected chi connectivity index (χ4v) is 3.47. The summed E-state index contributed by atoms with van der Waals surface area (Å²) in [5.41, 5.74) is 2.02. The second-order valence-corrected chi connectivity index (χ2v) is 6.40. The maximum absolute atomic E-state index is 12.9. The van der Waals surface area contributed by atoms with E-state index < -0.39 is 0 Å². The molecule has 1 unspecified atom stereocenters. The number of nitrogens with zero attached hydrogens (tertiary/aromatic N) is 5. The number of amides is 1. The Bertz CT molecular complexity index is 941. The van der Waals surface area contributed by atoms with Crippen molar-refractivity contribution in [2.24, 2.45) is 0 Å². The monoisotopic (exact) mass is 339 g/mol. The summed E-state index contributed by atoms with van der Waals surface area (Å²) in [6.45, 7) is 2.48. The SMILES string of the molecule is O=C(c1cccc2ncnn12)N1CCc2oc(C3CCOC3)nc2C1. The van der Waals surface area contributed by atoms with Crippen molar-refractivity contribution < 1.29 is 13.9 Å². The van der Waals surface area contributed by atoms with Crippen LogP contribution in [0.2, 0.25) is 0 Å². The van der Waals surface area contributed by atoms with Gasteiger partial charge in [0.05, 0.1) is 19.1 Å². The lowest BCUT2D eigenvalue weighted by atomic mass is 10.1. The van der Waals surface area contributed by atoms with Crippen LogP contribution in [-0.2, 0) is 17.7 Å². The first kappa shape index (κ1) is 14.6. The number of pyridine rings is 1. The number of aromatic nitrogens is 4. The van der Waals surface area contributed by atoms with Crippen LogP contribution in [0.1, 0.15) is 40.2 Å². The van der Waals surface area contributed by atoms with Crippen LogP contribution in [0, 0.1) is 0 Å². The smallest absolute Gasteiger partial charge is 0.272 e. The molecule has 1 atom stereocenters. The van der Waals surface area contributed by atoms with Gasteiger partial charge in [-0.1, -0.05) is 6.07 Å². The Morgan fingerprint density at radius 2 is 2.28 bits per heavy atom. The van der Waals surface area contributed by atoms with Crippen molar-refractivity contribution in [2.75, 3.05) is 19.8 Å². The first-order valence-corrected chi connectivity index (χ1v) is 8.44. The van der Waals surface area contributed by atoms with E-state index in [1.54, 1.807) is 15.5 Å². The van der Waals surface area contributed by atoms with E-state index in [1.165, 1.54) is 6.33 Å². The van der Waals surface area contributed by atoms with Crippen molar-refractivity contribution in [3.63, 3.8) is 0 Å². The van der Waals surface area contributed by atoms with E-state index in [0.717, 1.165) is 30.4 Å². The van der Waals surface area contributed by atoms with Gasteiger partial charge in [0.1, 0.15) is 23.5 Å². The topological polar surface area (TPSA) is 85.8 Å². The molecular weight excluding hydrogens is 322 g/mol. The van der Waals surface area contributed by atoms with Crippen molar-refractivity contribution >= 4 is 11.6 Å². The van der Waals surface area contributed by atoms with Crippen LogP contribution in [0.4, 0.5) is 0 Å². The van der Waals surface area contributed by atoms with Gasteiger partial charge in [0.2, 0.25) is 0 Å². The minimum atomic E-state index is -0.0736. The number of oxazole rings is 1. The number of rotatable bonds is 2. The molecule has 1 fully saturated rings. The quantitative estimate of drug-likeness (QED) is 0.702. The third-order valence-electron chi connectivity index (χ3n) is 4.83. The minimum absolute atomic E-state index is 0.0736. The standard InChI is InChI=1S/C17H17N5O3/c23-17(13-2-1-3-15-18-10-19-22(13)15)21-6-4-14-12(8-21)20-16(25-14)11-5-7-24-9-11/h1-3,10-11H,4-9H2. The zero-order valence-corrected chi connectivity index (χ0v) is 13.6. The van der Waals surface area contributed by atoms with Crippen LogP contribution in [0.5, 0.6) is 0 Å². The highest BCUT2D eigenvalue weighted by molar-refractivity contribution is 5.93. The summed E-state index contributed by atoms with van der Waals surface area (Å²) < 4.78 is 12.9. The molecule has 2 aliphatic heterocycles. The van der Waals surface area contributed by atoms with Crippen LogP contribution >= 0.6 is 0 Å². The lowest BCUT2D eigenvalue weighted by Gasteiger charge is -2.25. The predicted octanol–water partition coefficient (Wildman–Crippen LogP) is 1.42. The Balaban J connectivity index is 1.41. The third-order valence-corrected chi connectivity index (χ3v) is 4.83. The maximum atomic E-state index is 12.9. The third kappa shape index (κ3) is 2.41. The molecule has 0 aromatic carbocycles. The van der Waals surface area contributed by atoms with E-state index in [4.69, 9.17) is 9.15 Å². The number of carbonyl (C=O) groups excluding carboxylic acids is 1. The van der Waals surface area contributed by atoms with Gasteiger partial charge < -0.3 is 14.1 Å². The van der Waals surface area contributed by atoms with Gasteiger partial charge in [-0.25, -0.2) is 14.5 Å². The van der Waals surface area contributed by atoms with Gasteiger partial charge >= 0.3 is 0 Å². The van der Waals surface area contributed by atoms with Crippen LogP contribution in [0.15, 0.2) is 28.9 Å². The second-order valence-electron chi connectivity index (χ2n) is 6.40. The van der Waals surface area contributed by atoms with E-state index in [2.05, 4.69) is 15.1 Å². The lowest BCUT2D eigenvalue weighted by molar-refractivity contribution is 0.0719. The number of fused-ring (bicyclic) bond motifs is 2. The van der Waals surface area contributed by atoms with E-state index in [1.807, 2.05) is 12.1 Å². The van der Waals surface area contributed by atoms with Crippen molar-refractivity contribution in [2.45, 2.75) is 25.3 Å². The van der Waals surface area contributed by atoms with Crippen molar-refractivity contribution in [1.82, 2.24) is 24.5 Å². The number of ether oxygens (including phenoxy) is 1. The van der Waals surface area contributed by atoms with Crippen molar-refractivity contribution in [3.8, 4) is 0 Å². The van der Waals surface area contributed by atoms with E-state index >= 15 is 0 Å². The molecule has 0 N–H and O–H groups in total. The summed E-state index contributed by atoms with van der Waals surface area (Å²) in [5, 5.41) is 4.15. The molecule has 128 valence electrons. The Morgan fingerprint density at radius 3 is 3.16 bits per heavy atom.